The van der Waals surface area contributed by atoms with E-state index in [1.807, 2.05) is 0 Å². The lowest BCUT2D eigenvalue weighted by atomic mass is 10.0. The second-order valence-electron chi connectivity index (χ2n) is 5.90. The van der Waals surface area contributed by atoms with Crippen LogP contribution < -0.4 is 0 Å². The summed E-state index contributed by atoms with van der Waals surface area (Å²) in [5.41, 5.74) is 0. The zero-order valence-corrected chi connectivity index (χ0v) is 13.5. The van der Waals surface area contributed by atoms with Crippen molar-refractivity contribution in [2.45, 2.75) is 71.1 Å². The van der Waals surface area contributed by atoms with Crippen molar-refractivity contribution in [1.82, 2.24) is 4.90 Å². The van der Waals surface area contributed by atoms with Gasteiger partial charge in [-0.05, 0) is 30.9 Å². The maximum Gasteiger partial charge on any atom is 0.222 e. The van der Waals surface area contributed by atoms with Crippen molar-refractivity contribution >= 4 is 18.5 Å². The normalized spacial score (nSPS) is 19.4. The molecule has 19 heavy (non-hydrogen) atoms. The molecule has 1 aliphatic rings. The van der Waals surface area contributed by atoms with Crippen LogP contribution in [0.25, 0.3) is 0 Å². The van der Waals surface area contributed by atoms with Crippen LogP contribution in [-0.4, -0.2) is 29.6 Å². The van der Waals surface area contributed by atoms with Crippen LogP contribution in [0.1, 0.15) is 71.1 Å². The Kier molecular flexibility index (Phi) is 9.40. The average Bonchev–Trinajstić information content (AvgIpc) is 2.74. The molecular weight excluding hydrogens is 254 g/mol. The molecule has 1 atom stereocenters. The fraction of sp³-hybridized carbons (Fsp3) is 0.938. The van der Waals surface area contributed by atoms with E-state index in [1.54, 1.807) is 0 Å². The van der Waals surface area contributed by atoms with Gasteiger partial charge in [0.25, 0.3) is 0 Å². The van der Waals surface area contributed by atoms with Crippen molar-refractivity contribution < 1.29 is 4.79 Å². The van der Waals surface area contributed by atoms with Gasteiger partial charge < -0.3 is 4.90 Å². The Labute approximate surface area is 124 Å². The molecule has 0 spiro atoms. The maximum atomic E-state index is 11.8. The number of thiol groups is 1. The first-order valence-electron chi connectivity index (χ1n) is 8.16. The van der Waals surface area contributed by atoms with E-state index < -0.39 is 0 Å². The van der Waals surface area contributed by atoms with Crippen LogP contribution in [0.4, 0.5) is 0 Å². The highest BCUT2D eigenvalue weighted by atomic mass is 32.1. The van der Waals surface area contributed by atoms with E-state index in [1.165, 1.54) is 57.8 Å². The van der Waals surface area contributed by atoms with E-state index >= 15 is 0 Å². The van der Waals surface area contributed by atoms with Crippen LogP contribution >= 0.6 is 12.6 Å². The highest BCUT2D eigenvalue weighted by Crippen LogP contribution is 2.22. The Morgan fingerprint density at radius 3 is 2.37 bits per heavy atom. The summed E-state index contributed by atoms with van der Waals surface area (Å²) < 4.78 is 0. The SMILES string of the molecule is CCCC1CC(=O)N(CCCCCCCCCS)C1. The summed E-state index contributed by atoms with van der Waals surface area (Å²) in [7, 11) is 0. The van der Waals surface area contributed by atoms with Crippen LogP contribution in [0.2, 0.25) is 0 Å². The monoisotopic (exact) mass is 285 g/mol. The Bertz CT molecular complexity index is 245. The molecule has 2 nitrogen and oxygen atoms in total. The first-order chi connectivity index (χ1) is 9.27. The number of carbonyl (C=O) groups is 1. The van der Waals surface area contributed by atoms with Gasteiger partial charge in [0, 0.05) is 19.5 Å². The zero-order chi connectivity index (χ0) is 13.9. The topological polar surface area (TPSA) is 20.3 Å². The van der Waals surface area contributed by atoms with Gasteiger partial charge >= 0.3 is 0 Å². The van der Waals surface area contributed by atoms with E-state index in [0.29, 0.717) is 11.8 Å². The van der Waals surface area contributed by atoms with Crippen LogP contribution in [0.5, 0.6) is 0 Å². The molecule has 0 aromatic heterocycles. The zero-order valence-electron chi connectivity index (χ0n) is 12.6. The van der Waals surface area contributed by atoms with E-state index in [2.05, 4.69) is 24.5 Å². The first-order valence-corrected chi connectivity index (χ1v) is 8.79. The minimum absolute atomic E-state index is 0.396. The standard InChI is InChI=1S/C16H31NOS/c1-2-10-15-13-16(18)17(14-15)11-8-6-4-3-5-7-9-12-19/h15,19H,2-14H2,1H3. The lowest BCUT2D eigenvalue weighted by Crippen LogP contribution is -2.26. The van der Waals surface area contributed by atoms with Crippen LogP contribution in [-0.2, 0) is 4.79 Å². The molecular formula is C16H31NOS. The molecule has 1 saturated heterocycles. The predicted octanol–water partition coefficient (Wildman–Crippen LogP) is 4.30. The molecule has 0 N–H and O–H groups in total. The minimum atomic E-state index is 0.396. The molecule has 0 radical (unpaired) electrons. The Morgan fingerprint density at radius 1 is 1.11 bits per heavy atom. The number of hydrogen-bond acceptors (Lipinski definition) is 2. The summed E-state index contributed by atoms with van der Waals surface area (Å²) in [5.74, 6) is 2.06. The average molecular weight is 285 g/mol. The number of rotatable bonds is 11. The van der Waals surface area contributed by atoms with Crippen LogP contribution in [0.3, 0.4) is 0 Å². The third kappa shape index (κ3) is 7.24. The third-order valence-corrected chi connectivity index (χ3v) is 4.39. The Hall–Kier alpha value is -0.180. The molecule has 112 valence electrons. The van der Waals surface area contributed by atoms with Gasteiger partial charge in [-0.2, -0.15) is 12.6 Å². The molecule has 0 bridgehead atoms. The van der Waals surface area contributed by atoms with Gasteiger partial charge in [0.1, 0.15) is 0 Å². The van der Waals surface area contributed by atoms with Crippen molar-refractivity contribution in [2.75, 3.05) is 18.8 Å². The fourth-order valence-corrected chi connectivity index (χ4v) is 3.19. The second kappa shape index (κ2) is 10.6. The lowest BCUT2D eigenvalue weighted by molar-refractivity contribution is -0.127. The highest BCUT2D eigenvalue weighted by Gasteiger charge is 2.27. The summed E-state index contributed by atoms with van der Waals surface area (Å²) in [6.45, 7) is 4.23. The summed E-state index contributed by atoms with van der Waals surface area (Å²) in [4.78, 5) is 13.9. The molecule has 3 heteroatoms. The van der Waals surface area contributed by atoms with Crippen molar-refractivity contribution in [1.29, 1.82) is 0 Å². The fourth-order valence-electron chi connectivity index (χ4n) is 2.97. The number of amides is 1. The van der Waals surface area contributed by atoms with E-state index in [0.717, 1.165) is 25.3 Å². The van der Waals surface area contributed by atoms with Gasteiger partial charge in [-0.15, -0.1) is 0 Å². The lowest BCUT2D eigenvalue weighted by Gasteiger charge is -2.16. The molecule has 0 saturated carbocycles. The quantitative estimate of drug-likeness (QED) is 0.443. The Balaban J connectivity index is 1.96. The second-order valence-corrected chi connectivity index (χ2v) is 6.34. The third-order valence-electron chi connectivity index (χ3n) is 4.08. The van der Waals surface area contributed by atoms with Gasteiger partial charge in [0.15, 0.2) is 0 Å². The van der Waals surface area contributed by atoms with E-state index in [9.17, 15) is 4.79 Å². The number of unbranched alkanes of at least 4 members (excludes halogenated alkanes) is 6. The number of carbonyl (C=O) groups excluding carboxylic acids is 1. The molecule has 0 aromatic carbocycles. The molecule has 0 aromatic rings. The predicted molar refractivity (Wildman–Crippen MR) is 85.8 cm³/mol. The van der Waals surface area contributed by atoms with Crippen LogP contribution in [0, 0.1) is 5.92 Å². The highest BCUT2D eigenvalue weighted by molar-refractivity contribution is 7.80. The van der Waals surface area contributed by atoms with Gasteiger partial charge in [-0.3, -0.25) is 4.79 Å². The smallest absolute Gasteiger partial charge is 0.222 e. The number of nitrogens with zero attached hydrogens (tertiary/aromatic N) is 1. The molecule has 1 fully saturated rings. The Morgan fingerprint density at radius 2 is 1.74 bits per heavy atom. The maximum absolute atomic E-state index is 11.8. The molecule has 1 rings (SSSR count). The van der Waals surface area contributed by atoms with E-state index in [-0.39, 0.29) is 0 Å². The summed E-state index contributed by atoms with van der Waals surface area (Å²) in [5, 5.41) is 0. The van der Waals surface area contributed by atoms with Gasteiger partial charge in [0.2, 0.25) is 5.91 Å². The summed E-state index contributed by atoms with van der Waals surface area (Å²) >= 11 is 4.22. The van der Waals surface area contributed by atoms with Crippen molar-refractivity contribution in [2.24, 2.45) is 5.92 Å². The van der Waals surface area contributed by atoms with Gasteiger partial charge in [-0.25, -0.2) is 0 Å². The minimum Gasteiger partial charge on any atom is -0.342 e. The molecule has 1 amide bonds. The molecule has 1 unspecified atom stereocenters. The van der Waals surface area contributed by atoms with Gasteiger partial charge in [0.05, 0.1) is 0 Å². The molecule has 1 aliphatic heterocycles. The largest absolute Gasteiger partial charge is 0.342 e. The van der Waals surface area contributed by atoms with Crippen molar-refractivity contribution in [3.63, 3.8) is 0 Å². The van der Waals surface area contributed by atoms with E-state index in [4.69, 9.17) is 0 Å². The first kappa shape index (κ1) is 16.9. The summed E-state index contributed by atoms with van der Waals surface area (Å²) in [6.07, 6.45) is 12.3. The summed E-state index contributed by atoms with van der Waals surface area (Å²) in [6, 6.07) is 0. The van der Waals surface area contributed by atoms with Gasteiger partial charge in [-0.1, -0.05) is 45.4 Å². The number of likely N-dealkylation sites (tertiary alicyclic amines) is 1. The molecule has 1 heterocycles. The van der Waals surface area contributed by atoms with Crippen LogP contribution in [0.15, 0.2) is 0 Å². The molecule has 0 aliphatic carbocycles. The van der Waals surface area contributed by atoms with Crippen molar-refractivity contribution in [3.8, 4) is 0 Å². The van der Waals surface area contributed by atoms with Crippen molar-refractivity contribution in [3.05, 3.63) is 0 Å². The number of hydrogen-bond donors (Lipinski definition) is 1.